The van der Waals surface area contributed by atoms with E-state index in [0.717, 1.165) is 69.4 Å². The van der Waals surface area contributed by atoms with Crippen LogP contribution in [-0.2, 0) is 4.79 Å². The van der Waals surface area contributed by atoms with Crippen molar-refractivity contribution in [3.8, 4) is 10.6 Å². The fraction of sp³-hybridized carbons (Fsp3) is 0.320. The number of carbonyl (C=O) groups excluding carboxylic acids is 1. The number of aromatic amines is 1. The van der Waals surface area contributed by atoms with E-state index >= 15 is 0 Å². The molecule has 3 saturated heterocycles. The first-order valence-electron chi connectivity index (χ1n) is 11.7. The van der Waals surface area contributed by atoms with Gasteiger partial charge in [-0.1, -0.05) is 6.07 Å². The molecule has 9 nitrogen and oxygen atoms in total. The summed E-state index contributed by atoms with van der Waals surface area (Å²) in [5.74, 6) is 0.814. The Bertz CT molecular complexity index is 1400. The van der Waals surface area contributed by atoms with Crippen LogP contribution < -0.4 is 15.8 Å². The van der Waals surface area contributed by atoms with Crippen LogP contribution in [0, 0.1) is 20.8 Å². The van der Waals surface area contributed by atoms with Crippen LogP contribution in [0.4, 0.5) is 16.6 Å². The molecular weight excluding hydrogens is 494 g/mol. The van der Waals surface area contributed by atoms with Crippen LogP contribution in [-0.4, -0.2) is 56.4 Å². The standard InChI is InChI=1S/C14H14N4S2.C11H13N3O2/c1-8-4-5-12(15-6-8)18-14-17-11(7-19-14)13-9(2)16-10(3)20-13;15-7-14-9-3-10(14)6-13(5-9)8-1-2-12-11(16)4-8/h4-7H,1-3H3,(H,15,17,18);1-2,4,7,9-10H,3,5-6H2,(H,12,16)/t;9-,10+. The number of nitrogens with zero attached hydrogens (tertiary/aromatic N) is 5. The lowest BCUT2D eigenvalue weighted by atomic mass is 9.88. The molecule has 0 aliphatic carbocycles. The van der Waals surface area contributed by atoms with Crippen molar-refractivity contribution in [1.29, 1.82) is 0 Å². The maximum atomic E-state index is 11.2. The summed E-state index contributed by atoms with van der Waals surface area (Å²) in [6.45, 7) is 7.72. The van der Waals surface area contributed by atoms with E-state index in [2.05, 4.69) is 35.5 Å². The smallest absolute Gasteiger partial charge is 0.249 e. The molecule has 7 heterocycles. The summed E-state index contributed by atoms with van der Waals surface area (Å²) in [6.07, 6.45) is 5.54. The topological polar surface area (TPSA) is 107 Å². The number of carbonyl (C=O) groups is 1. The van der Waals surface area contributed by atoms with Gasteiger partial charge in [0, 0.05) is 42.6 Å². The molecule has 11 heteroatoms. The van der Waals surface area contributed by atoms with Crippen molar-refractivity contribution in [2.45, 2.75) is 39.3 Å². The first-order valence-corrected chi connectivity index (χ1v) is 13.4. The largest absolute Gasteiger partial charge is 0.367 e. The minimum Gasteiger partial charge on any atom is -0.367 e. The molecule has 7 rings (SSSR count). The number of rotatable bonds is 5. The Morgan fingerprint density at radius 1 is 1.14 bits per heavy atom. The number of aryl methyl sites for hydroxylation is 3. The molecule has 0 spiro atoms. The summed E-state index contributed by atoms with van der Waals surface area (Å²) in [6, 6.07) is 8.15. The Morgan fingerprint density at radius 3 is 2.58 bits per heavy atom. The van der Waals surface area contributed by atoms with E-state index in [1.165, 1.54) is 0 Å². The highest BCUT2D eigenvalue weighted by molar-refractivity contribution is 7.16. The van der Waals surface area contributed by atoms with Gasteiger partial charge in [0.1, 0.15) is 5.82 Å². The Balaban J connectivity index is 0.000000152. The minimum absolute atomic E-state index is 0.0796. The highest BCUT2D eigenvalue weighted by Crippen LogP contribution is 2.33. The number of hydrogen-bond donors (Lipinski definition) is 2. The van der Waals surface area contributed by atoms with Gasteiger partial charge in [-0.3, -0.25) is 9.59 Å². The van der Waals surface area contributed by atoms with Crippen LogP contribution in [0.25, 0.3) is 10.6 Å². The molecule has 2 N–H and O–H groups in total. The molecule has 1 amide bonds. The first kappa shape index (κ1) is 24.1. The van der Waals surface area contributed by atoms with E-state index in [9.17, 15) is 9.59 Å². The molecule has 0 aromatic carbocycles. The lowest BCUT2D eigenvalue weighted by molar-refractivity contribution is -0.131. The van der Waals surface area contributed by atoms with Crippen LogP contribution in [0.3, 0.4) is 0 Å². The van der Waals surface area contributed by atoms with Gasteiger partial charge in [-0.2, -0.15) is 0 Å². The minimum atomic E-state index is -0.0796. The molecule has 3 aliphatic rings. The van der Waals surface area contributed by atoms with Crippen molar-refractivity contribution < 1.29 is 4.79 Å². The van der Waals surface area contributed by atoms with Crippen molar-refractivity contribution in [1.82, 2.24) is 24.8 Å². The maximum absolute atomic E-state index is 11.2. The third-order valence-electron chi connectivity index (χ3n) is 6.28. The molecule has 4 aromatic rings. The predicted molar refractivity (Wildman–Crippen MR) is 144 cm³/mol. The van der Waals surface area contributed by atoms with Crippen LogP contribution >= 0.6 is 22.7 Å². The van der Waals surface area contributed by atoms with E-state index in [-0.39, 0.29) is 5.56 Å². The molecule has 36 heavy (non-hydrogen) atoms. The molecule has 0 saturated carbocycles. The van der Waals surface area contributed by atoms with Crippen molar-refractivity contribution in [3.05, 3.63) is 68.7 Å². The Kier molecular flexibility index (Phi) is 6.84. The molecule has 2 bridgehead atoms. The number of thiazole rings is 2. The number of amides is 1. The summed E-state index contributed by atoms with van der Waals surface area (Å²) in [7, 11) is 0. The van der Waals surface area contributed by atoms with Gasteiger partial charge in [-0.15, -0.1) is 22.7 Å². The quantitative estimate of drug-likeness (QED) is 0.380. The number of piperidine rings is 1. The second kappa shape index (κ2) is 10.2. The maximum Gasteiger partial charge on any atom is 0.249 e. The number of H-pyrrole nitrogens is 1. The highest BCUT2D eigenvalue weighted by Gasteiger charge is 2.43. The lowest BCUT2D eigenvalue weighted by Crippen LogP contribution is -2.68. The number of pyridine rings is 2. The van der Waals surface area contributed by atoms with Crippen molar-refractivity contribution in [3.63, 3.8) is 0 Å². The van der Waals surface area contributed by atoms with E-state index in [1.807, 2.05) is 50.1 Å². The molecule has 2 atom stereocenters. The third-order valence-corrected chi connectivity index (χ3v) is 8.14. The Hall–Kier alpha value is -3.57. The SMILES string of the molecule is Cc1ccc(Nc2nc(-c3sc(C)nc3C)cs2)nc1.O=CN1[C@@H]2C[C@H]1CN(c1cc[nH]c(=O)c1)C2. The van der Waals surface area contributed by atoms with Gasteiger partial charge in [0.2, 0.25) is 12.0 Å². The number of aromatic nitrogens is 4. The average Bonchev–Trinajstić information content (AvgIpc) is 3.46. The van der Waals surface area contributed by atoms with Crippen LogP contribution in [0.5, 0.6) is 0 Å². The van der Waals surface area contributed by atoms with Gasteiger partial charge in [0.05, 0.1) is 33.4 Å². The number of hydrogen-bond acceptors (Lipinski definition) is 9. The van der Waals surface area contributed by atoms with Gasteiger partial charge in [0.15, 0.2) is 5.13 Å². The molecule has 0 radical (unpaired) electrons. The van der Waals surface area contributed by atoms with Crippen LogP contribution in [0.1, 0.15) is 22.7 Å². The number of anilines is 3. The Labute approximate surface area is 216 Å². The van der Waals surface area contributed by atoms with E-state index in [4.69, 9.17) is 0 Å². The number of nitrogens with one attached hydrogen (secondary N) is 2. The third kappa shape index (κ3) is 5.17. The van der Waals surface area contributed by atoms with E-state index in [1.54, 1.807) is 34.9 Å². The zero-order valence-corrected chi connectivity index (χ0v) is 21.9. The van der Waals surface area contributed by atoms with E-state index < -0.39 is 0 Å². The van der Waals surface area contributed by atoms with Gasteiger partial charge < -0.3 is 20.1 Å². The van der Waals surface area contributed by atoms with Gasteiger partial charge >= 0.3 is 0 Å². The van der Waals surface area contributed by atoms with E-state index in [0.29, 0.717) is 12.1 Å². The lowest BCUT2D eigenvalue weighted by Gasteiger charge is -2.55. The van der Waals surface area contributed by atoms with Crippen molar-refractivity contribution in [2.75, 3.05) is 23.3 Å². The number of fused-ring (bicyclic) bond motifs is 2. The summed E-state index contributed by atoms with van der Waals surface area (Å²) in [5.41, 5.74) is 4.03. The molecule has 4 aromatic heterocycles. The van der Waals surface area contributed by atoms with Gasteiger partial charge in [0.25, 0.3) is 0 Å². The molecule has 0 unspecified atom stereocenters. The fourth-order valence-corrected chi connectivity index (χ4v) is 6.17. The average molecular weight is 522 g/mol. The number of piperazine rings is 1. The Morgan fingerprint density at radius 2 is 1.94 bits per heavy atom. The predicted octanol–water partition coefficient (Wildman–Crippen LogP) is 4.12. The summed E-state index contributed by atoms with van der Waals surface area (Å²) in [4.78, 5) is 43.1. The van der Waals surface area contributed by atoms with Gasteiger partial charge in [-0.25, -0.2) is 15.0 Å². The monoisotopic (exact) mass is 521 g/mol. The summed E-state index contributed by atoms with van der Waals surface area (Å²) < 4.78 is 0. The normalized spacial score (nSPS) is 18.2. The van der Waals surface area contributed by atoms with Crippen LogP contribution in [0.2, 0.25) is 0 Å². The second-order valence-corrected chi connectivity index (χ2v) is 11.0. The van der Waals surface area contributed by atoms with Crippen molar-refractivity contribution >= 4 is 45.7 Å². The second-order valence-electron chi connectivity index (χ2n) is 8.94. The summed E-state index contributed by atoms with van der Waals surface area (Å²) in [5, 5.41) is 7.20. The van der Waals surface area contributed by atoms with Gasteiger partial charge in [-0.05, 0) is 44.9 Å². The first-order chi connectivity index (χ1) is 17.4. The molecular formula is C25H27N7O2S2. The zero-order chi connectivity index (χ0) is 25.2. The zero-order valence-electron chi connectivity index (χ0n) is 20.3. The summed E-state index contributed by atoms with van der Waals surface area (Å²) >= 11 is 3.26. The fourth-order valence-electron chi connectivity index (χ4n) is 4.51. The molecule has 3 aliphatic heterocycles. The molecule has 186 valence electrons. The van der Waals surface area contributed by atoms with Crippen LogP contribution in [0.15, 0.2) is 46.8 Å². The van der Waals surface area contributed by atoms with Crippen molar-refractivity contribution in [2.24, 2.45) is 0 Å². The highest BCUT2D eigenvalue weighted by atomic mass is 32.1. The molecule has 3 fully saturated rings.